The third kappa shape index (κ3) is 11.7. The topological polar surface area (TPSA) is 24.4 Å². The van der Waals surface area contributed by atoms with Crippen LogP contribution in [-0.4, -0.2) is 12.8 Å². The Kier molecular flexibility index (Phi) is 11.1. The van der Waals surface area contributed by atoms with E-state index in [9.17, 15) is 0 Å². The van der Waals surface area contributed by atoms with Gasteiger partial charge in [0.1, 0.15) is 0 Å². The van der Waals surface area contributed by atoms with E-state index in [2.05, 4.69) is 16.5 Å². The summed E-state index contributed by atoms with van der Waals surface area (Å²) in [5.41, 5.74) is 0. The SMILES string of the molecule is [CH-]=NC=[C-]NC(C)C.[Y]. The Morgan fingerprint density at radius 2 is 2.22 bits per heavy atom. The minimum absolute atomic E-state index is 0. The molecule has 0 aliphatic heterocycles. The molecule has 1 radical (unpaired) electrons. The van der Waals surface area contributed by atoms with Gasteiger partial charge in [0.15, 0.2) is 0 Å². The van der Waals surface area contributed by atoms with Crippen LogP contribution in [0.1, 0.15) is 13.8 Å². The number of nitrogens with zero attached hydrogens (tertiary/aromatic N) is 1. The molecule has 1 N–H and O–H groups in total. The molecule has 0 aliphatic carbocycles. The second kappa shape index (κ2) is 8.31. The van der Waals surface area contributed by atoms with E-state index < -0.39 is 0 Å². The first-order valence-electron chi connectivity index (χ1n) is 2.50. The largest absolute Gasteiger partial charge is 0.581 e. The summed E-state index contributed by atoms with van der Waals surface area (Å²) < 4.78 is 0. The molecule has 0 aliphatic rings. The number of hydrogen-bond donors (Lipinski definition) is 1. The molecule has 0 fully saturated rings. The Bertz CT molecular complexity index is 89.1. The quantitative estimate of drug-likeness (QED) is 0.406. The van der Waals surface area contributed by atoms with Crippen LogP contribution in [0.4, 0.5) is 0 Å². The zero-order chi connectivity index (χ0) is 6.41. The zero-order valence-corrected chi connectivity index (χ0v) is 8.59. The first-order valence-corrected chi connectivity index (χ1v) is 2.50. The van der Waals surface area contributed by atoms with Gasteiger partial charge in [-0.05, 0) is 19.9 Å². The van der Waals surface area contributed by atoms with Crippen molar-refractivity contribution in [2.75, 3.05) is 0 Å². The fraction of sp³-hybridized carbons (Fsp3) is 0.500. The fourth-order valence-corrected chi connectivity index (χ4v) is 0.241. The van der Waals surface area contributed by atoms with Gasteiger partial charge in [0.05, 0.1) is 0 Å². The molecule has 0 saturated heterocycles. The zero-order valence-electron chi connectivity index (χ0n) is 5.76. The smallest absolute Gasteiger partial charge is 0 e. The van der Waals surface area contributed by atoms with Gasteiger partial charge in [-0.2, -0.15) is 6.72 Å². The van der Waals surface area contributed by atoms with E-state index >= 15 is 0 Å². The van der Waals surface area contributed by atoms with Crippen molar-refractivity contribution in [2.45, 2.75) is 19.9 Å². The normalized spacial score (nSPS) is 9.22. The summed E-state index contributed by atoms with van der Waals surface area (Å²) in [7, 11) is 0. The van der Waals surface area contributed by atoms with E-state index in [1.807, 2.05) is 13.8 Å². The van der Waals surface area contributed by atoms with Crippen molar-refractivity contribution in [1.29, 1.82) is 0 Å². The van der Waals surface area contributed by atoms with Gasteiger partial charge in [-0.15, -0.1) is 0 Å². The monoisotopic (exact) mass is 199 g/mol. The molecule has 0 bridgehead atoms. The molecule has 0 saturated carbocycles. The van der Waals surface area contributed by atoms with Crippen LogP contribution in [0.5, 0.6) is 0 Å². The van der Waals surface area contributed by atoms with Crippen LogP contribution in [0.3, 0.4) is 0 Å². The minimum Gasteiger partial charge on any atom is -0.581 e. The van der Waals surface area contributed by atoms with Crippen LogP contribution < -0.4 is 5.32 Å². The predicted octanol–water partition coefficient (Wildman–Crippen LogP) is 0.834. The molecule has 0 unspecified atom stereocenters. The molecule has 9 heavy (non-hydrogen) atoms. The van der Waals surface area contributed by atoms with E-state index in [4.69, 9.17) is 6.72 Å². The molecule has 0 atom stereocenters. The number of hydrogen-bond acceptors (Lipinski definition) is 2. The van der Waals surface area contributed by atoms with Gasteiger partial charge < -0.3 is 16.5 Å². The molecule has 0 aromatic heterocycles. The standard InChI is InChI=1S/C6H10N2.Y/c1-6(2)8-5-4-7-3;/h3-4,6,8H,1-2H3;/q-2;. The van der Waals surface area contributed by atoms with Crippen LogP contribution in [0.2, 0.25) is 0 Å². The third-order valence-corrected chi connectivity index (χ3v) is 0.511. The first kappa shape index (κ1) is 12.0. The molecule has 0 aromatic rings. The Hall–Kier alpha value is 0.314. The predicted molar refractivity (Wildman–Crippen MR) is 34.6 cm³/mol. The summed E-state index contributed by atoms with van der Waals surface area (Å²) in [4.78, 5) is 3.21. The Labute approximate surface area is 81.7 Å². The van der Waals surface area contributed by atoms with Crippen molar-refractivity contribution in [2.24, 2.45) is 4.99 Å². The second-order valence-corrected chi connectivity index (χ2v) is 1.72. The van der Waals surface area contributed by atoms with Gasteiger partial charge in [0.25, 0.3) is 0 Å². The number of rotatable bonds is 3. The molecule has 0 rings (SSSR count). The van der Waals surface area contributed by atoms with Crippen molar-refractivity contribution in [3.8, 4) is 0 Å². The van der Waals surface area contributed by atoms with Crippen molar-refractivity contribution >= 4 is 6.72 Å². The van der Waals surface area contributed by atoms with Crippen molar-refractivity contribution in [1.82, 2.24) is 5.32 Å². The van der Waals surface area contributed by atoms with E-state index in [1.54, 1.807) is 0 Å². The van der Waals surface area contributed by atoms with Crippen LogP contribution in [0.25, 0.3) is 0 Å². The third-order valence-electron chi connectivity index (χ3n) is 0.511. The molecular formula is C6H10N2Y-2. The molecular weight excluding hydrogens is 189 g/mol. The van der Waals surface area contributed by atoms with E-state index in [1.165, 1.54) is 6.20 Å². The average molecular weight is 199 g/mol. The summed E-state index contributed by atoms with van der Waals surface area (Å²) in [6, 6.07) is 0.396. The van der Waals surface area contributed by atoms with Crippen LogP contribution in [-0.2, 0) is 32.7 Å². The summed E-state index contributed by atoms with van der Waals surface area (Å²) >= 11 is 0. The summed E-state index contributed by atoms with van der Waals surface area (Å²) in [5.74, 6) is 0. The average Bonchev–Trinajstić information content (AvgIpc) is 1.66. The molecule has 3 heteroatoms. The van der Waals surface area contributed by atoms with E-state index in [0.717, 1.165) is 0 Å². The molecule has 0 amide bonds. The number of aliphatic imine (C=N–C) groups is 1. The fourth-order valence-electron chi connectivity index (χ4n) is 0.241. The molecule has 2 nitrogen and oxygen atoms in total. The summed E-state index contributed by atoms with van der Waals surface area (Å²) in [6.07, 6.45) is 4.06. The van der Waals surface area contributed by atoms with Crippen molar-refractivity contribution in [3.63, 3.8) is 0 Å². The van der Waals surface area contributed by atoms with Crippen LogP contribution >= 0.6 is 0 Å². The maximum absolute atomic E-state index is 4.78. The van der Waals surface area contributed by atoms with E-state index in [-0.39, 0.29) is 32.7 Å². The molecule has 0 aromatic carbocycles. The maximum atomic E-state index is 4.78. The number of nitrogens with one attached hydrogen (secondary N) is 1. The van der Waals surface area contributed by atoms with Gasteiger partial charge in [-0.25, -0.2) is 0 Å². The summed E-state index contributed by atoms with van der Waals surface area (Å²) in [6.45, 7) is 8.80. The second-order valence-electron chi connectivity index (χ2n) is 1.72. The Morgan fingerprint density at radius 3 is 2.56 bits per heavy atom. The molecule has 0 spiro atoms. The van der Waals surface area contributed by atoms with Crippen molar-refractivity contribution in [3.05, 3.63) is 12.4 Å². The summed E-state index contributed by atoms with van der Waals surface area (Å²) in [5, 5.41) is 2.87. The van der Waals surface area contributed by atoms with Crippen molar-refractivity contribution < 1.29 is 32.7 Å². The molecule has 49 valence electrons. The minimum atomic E-state index is 0. The van der Waals surface area contributed by atoms with Gasteiger partial charge >= 0.3 is 0 Å². The van der Waals surface area contributed by atoms with Crippen LogP contribution in [0, 0.1) is 6.20 Å². The maximum Gasteiger partial charge on any atom is 0 e. The first-order chi connectivity index (χ1) is 3.77. The molecule has 0 heterocycles. The van der Waals surface area contributed by atoms with Gasteiger partial charge in [0, 0.05) is 32.7 Å². The Balaban J connectivity index is 0. The van der Waals surface area contributed by atoms with Gasteiger partial charge in [-0.3, -0.25) is 6.20 Å². The Morgan fingerprint density at radius 1 is 1.67 bits per heavy atom. The van der Waals surface area contributed by atoms with Gasteiger partial charge in [0.2, 0.25) is 0 Å². The van der Waals surface area contributed by atoms with Gasteiger partial charge in [-0.1, -0.05) is 0 Å². The van der Waals surface area contributed by atoms with E-state index in [0.29, 0.717) is 6.04 Å². The van der Waals surface area contributed by atoms with Crippen LogP contribution in [0.15, 0.2) is 11.2 Å².